The normalized spacial score (nSPS) is 11.4. The summed E-state index contributed by atoms with van der Waals surface area (Å²) in [6.45, 7) is 1.39. The van der Waals surface area contributed by atoms with Gasteiger partial charge in [-0.15, -0.1) is 11.8 Å². The molecule has 1 amide bonds. The van der Waals surface area contributed by atoms with Crippen molar-refractivity contribution in [2.75, 3.05) is 18.7 Å². The number of ether oxygens (including phenoxy) is 2. The van der Waals surface area contributed by atoms with E-state index < -0.39 is 22.9 Å². The van der Waals surface area contributed by atoms with Crippen molar-refractivity contribution in [2.45, 2.75) is 17.9 Å². The van der Waals surface area contributed by atoms with Crippen LogP contribution in [0.5, 0.6) is 5.75 Å². The number of nitro groups is 1. The number of carbonyl (C=O) groups excluding carboxylic acids is 2. The summed E-state index contributed by atoms with van der Waals surface area (Å²) < 4.78 is 10.1. The summed E-state index contributed by atoms with van der Waals surface area (Å²) in [7, 11) is 1.38. The van der Waals surface area contributed by atoms with Gasteiger partial charge in [-0.05, 0) is 37.4 Å². The standard InChI is InChI=1S/C18H18N2O6S/c1-11(26-18(22)13-6-4-5-7-16(13)27-3)17(21)19-14-9-8-12(25-2)10-15(14)20(23)24/h4-11H,1-3H3,(H,19,21)/t11-/m1/s1. The third-order valence-corrected chi connectivity index (χ3v) is 4.44. The van der Waals surface area contributed by atoms with Crippen LogP contribution in [0.1, 0.15) is 17.3 Å². The highest BCUT2D eigenvalue weighted by Gasteiger charge is 2.23. The highest BCUT2D eigenvalue weighted by molar-refractivity contribution is 7.98. The molecule has 1 N–H and O–H groups in total. The smallest absolute Gasteiger partial charge is 0.340 e. The van der Waals surface area contributed by atoms with Crippen molar-refractivity contribution in [1.82, 2.24) is 0 Å². The molecule has 8 nitrogen and oxygen atoms in total. The largest absolute Gasteiger partial charge is 0.496 e. The van der Waals surface area contributed by atoms with Gasteiger partial charge in [-0.3, -0.25) is 14.9 Å². The molecule has 0 saturated heterocycles. The summed E-state index contributed by atoms with van der Waals surface area (Å²) in [6.07, 6.45) is 0.680. The second-order valence-electron chi connectivity index (χ2n) is 5.38. The fourth-order valence-electron chi connectivity index (χ4n) is 2.22. The van der Waals surface area contributed by atoms with Crippen LogP contribution in [0, 0.1) is 10.1 Å². The zero-order valence-corrected chi connectivity index (χ0v) is 15.7. The molecule has 0 aliphatic rings. The minimum atomic E-state index is -1.14. The van der Waals surface area contributed by atoms with Gasteiger partial charge in [-0.1, -0.05) is 12.1 Å². The van der Waals surface area contributed by atoms with Crippen LogP contribution < -0.4 is 10.1 Å². The zero-order chi connectivity index (χ0) is 20.0. The Morgan fingerprint density at radius 1 is 1.22 bits per heavy atom. The molecule has 0 heterocycles. The summed E-state index contributed by atoms with van der Waals surface area (Å²) in [5.41, 5.74) is 0.00671. The molecule has 0 spiro atoms. The molecule has 0 fully saturated rings. The van der Waals surface area contributed by atoms with Crippen molar-refractivity contribution in [1.29, 1.82) is 0 Å². The van der Waals surface area contributed by atoms with Crippen molar-refractivity contribution in [3.63, 3.8) is 0 Å². The number of nitrogens with one attached hydrogen (secondary N) is 1. The fraction of sp³-hybridized carbons (Fsp3) is 0.222. The number of rotatable bonds is 7. The van der Waals surface area contributed by atoms with Crippen LogP contribution in [-0.2, 0) is 9.53 Å². The van der Waals surface area contributed by atoms with Crippen molar-refractivity contribution in [2.24, 2.45) is 0 Å². The van der Waals surface area contributed by atoms with Gasteiger partial charge in [0.05, 0.1) is 23.7 Å². The molecule has 0 aliphatic heterocycles. The second kappa shape index (κ2) is 9.04. The van der Waals surface area contributed by atoms with Crippen molar-refractivity contribution in [3.8, 4) is 5.75 Å². The lowest BCUT2D eigenvalue weighted by molar-refractivity contribution is -0.384. The molecule has 0 aliphatic carbocycles. The Kier molecular flexibility index (Phi) is 6.78. The Labute approximate surface area is 160 Å². The quantitative estimate of drug-likeness (QED) is 0.333. The highest BCUT2D eigenvalue weighted by atomic mass is 32.2. The Balaban J connectivity index is 2.12. The number of amides is 1. The average Bonchev–Trinajstić information content (AvgIpc) is 2.67. The van der Waals surface area contributed by atoms with Gasteiger partial charge in [0.2, 0.25) is 0 Å². The van der Waals surface area contributed by atoms with Crippen LogP contribution in [0.15, 0.2) is 47.4 Å². The molecule has 1 atom stereocenters. The zero-order valence-electron chi connectivity index (χ0n) is 14.9. The Bertz CT molecular complexity index is 871. The van der Waals surface area contributed by atoms with Crippen LogP contribution >= 0.6 is 11.8 Å². The number of benzene rings is 2. The number of hydrogen-bond donors (Lipinski definition) is 1. The molecular formula is C18H18N2O6S. The number of nitrogens with zero attached hydrogens (tertiary/aromatic N) is 1. The first-order valence-electron chi connectivity index (χ1n) is 7.84. The monoisotopic (exact) mass is 390 g/mol. The van der Waals surface area contributed by atoms with Gasteiger partial charge in [-0.2, -0.15) is 0 Å². The van der Waals surface area contributed by atoms with E-state index in [1.54, 1.807) is 24.3 Å². The van der Waals surface area contributed by atoms with Crippen LogP contribution in [0.3, 0.4) is 0 Å². The Morgan fingerprint density at radius 3 is 2.56 bits per heavy atom. The third-order valence-electron chi connectivity index (χ3n) is 3.64. The molecule has 9 heteroatoms. The second-order valence-corrected chi connectivity index (χ2v) is 6.23. The van der Waals surface area contributed by atoms with Gasteiger partial charge in [0, 0.05) is 4.90 Å². The van der Waals surface area contributed by atoms with Crippen LogP contribution in [0.25, 0.3) is 0 Å². The summed E-state index contributed by atoms with van der Waals surface area (Å²) in [6, 6.07) is 10.9. The van der Waals surface area contributed by atoms with Crippen molar-refractivity contribution < 1.29 is 24.0 Å². The van der Waals surface area contributed by atoms with E-state index in [1.807, 2.05) is 6.26 Å². The minimum Gasteiger partial charge on any atom is -0.496 e. The highest BCUT2D eigenvalue weighted by Crippen LogP contribution is 2.29. The summed E-state index contributed by atoms with van der Waals surface area (Å²) in [4.78, 5) is 35.9. The van der Waals surface area contributed by atoms with E-state index in [0.717, 1.165) is 4.90 Å². The number of nitro benzene ring substituents is 1. The Hall–Kier alpha value is -3.07. The predicted molar refractivity (Wildman–Crippen MR) is 101 cm³/mol. The molecule has 0 unspecified atom stereocenters. The molecule has 0 radical (unpaired) electrons. The third kappa shape index (κ3) is 4.98. The van der Waals surface area contributed by atoms with Gasteiger partial charge in [0.15, 0.2) is 6.10 Å². The van der Waals surface area contributed by atoms with E-state index in [1.165, 1.54) is 44.0 Å². The molecule has 2 aromatic carbocycles. The lowest BCUT2D eigenvalue weighted by Crippen LogP contribution is -2.30. The first-order chi connectivity index (χ1) is 12.9. The molecule has 0 saturated carbocycles. The molecule has 2 rings (SSSR count). The topological polar surface area (TPSA) is 108 Å². The lowest BCUT2D eigenvalue weighted by Gasteiger charge is -2.15. The van der Waals surface area contributed by atoms with E-state index in [2.05, 4.69) is 5.32 Å². The fourth-order valence-corrected chi connectivity index (χ4v) is 2.81. The Morgan fingerprint density at radius 2 is 1.93 bits per heavy atom. The maximum absolute atomic E-state index is 12.3. The molecule has 0 aromatic heterocycles. The lowest BCUT2D eigenvalue weighted by atomic mass is 10.2. The van der Waals surface area contributed by atoms with Gasteiger partial charge in [0.25, 0.3) is 11.6 Å². The van der Waals surface area contributed by atoms with Crippen molar-refractivity contribution in [3.05, 3.63) is 58.1 Å². The number of anilines is 1. The molecule has 27 heavy (non-hydrogen) atoms. The van der Waals surface area contributed by atoms with E-state index in [-0.39, 0.29) is 17.1 Å². The first kappa shape index (κ1) is 20.2. The summed E-state index contributed by atoms with van der Waals surface area (Å²) in [5, 5.41) is 13.6. The molecular weight excluding hydrogens is 372 g/mol. The number of hydrogen-bond acceptors (Lipinski definition) is 7. The average molecular weight is 390 g/mol. The van der Waals surface area contributed by atoms with Gasteiger partial charge < -0.3 is 14.8 Å². The van der Waals surface area contributed by atoms with E-state index in [4.69, 9.17) is 9.47 Å². The first-order valence-corrected chi connectivity index (χ1v) is 9.07. The number of carbonyl (C=O) groups is 2. The number of esters is 1. The van der Waals surface area contributed by atoms with Crippen LogP contribution in [0.2, 0.25) is 0 Å². The van der Waals surface area contributed by atoms with E-state index in [0.29, 0.717) is 5.56 Å². The molecule has 142 valence electrons. The van der Waals surface area contributed by atoms with E-state index in [9.17, 15) is 19.7 Å². The maximum Gasteiger partial charge on any atom is 0.340 e. The van der Waals surface area contributed by atoms with Crippen molar-refractivity contribution >= 4 is 35.0 Å². The van der Waals surface area contributed by atoms with Gasteiger partial charge >= 0.3 is 5.97 Å². The number of methoxy groups -OCH3 is 1. The van der Waals surface area contributed by atoms with Gasteiger partial charge in [-0.25, -0.2) is 4.79 Å². The number of thioether (sulfide) groups is 1. The SMILES string of the molecule is COc1ccc(NC(=O)[C@@H](C)OC(=O)c2ccccc2SC)c([N+](=O)[O-])c1. The van der Waals surface area contributed by atoms with Crippen LogP contribution in [0.4, 0.5) is 11.4 Å². The molecule has 2 aromatic rings. The summed E-state index contributed by atoms with van der Waals surface area (Å²) >= 11 is 1.38. The van der Waals surface area contributed by atoms with Crippen LogP contribution in [-0.4, -0.2) is 36.3 Å². The predicted octanol–water partition coefficient (Wildman–Crippen LogP) is 3.51. The molecule has 0 bridgehead atoms. The van der Waals surface area contributed by atoms with E-state index >= 15 is 0 Å². The maximum atomic E-state index is 12.3. The minimum absolute atomic E-state index is 0.0155. The summed E-state index contributed by atoms with van der Waals surface area (Å²) in [5.74, 6) is -1.04. The van der Waals surface area contributed by atoms with Gasteiger partial charge in [0.1, 0.15) is 11.4 Å².